The van der Waals surface area contributed by atoms with Gasteiger partial charge in [0, 0.05) is 12.1 Å². The van der Waals surface area contributed by atoms with Crippen molar-refractivity contribution in [1.82, 2.24) is 5.32 Å². The summed E-state index contributed by atoms with van der Waals surface area (Å²) in [5.41, 5.74) is 2.04. The zero-order valence-corrected chi connectivity index (χ0v) is 17.6. The van der Waals surface area contributed by atoms with E-state index >= 15 is 0 Å². The second-order valence-electron chi connectivity index (χ2n) is 6.32. The molecular formula is C21H28N2O4S. The van der Waals surface area contributed by atoms with Gasteiger partial charge in [-0.15, -0.1) is 0 Å². The SMILES string of the molecule is CC[C@H](NC(=O)c1ccc(N(CC)S(=O)(=O)CC)cc1)c1ccc(OC)cc1. The van der Waals surface area contributed by atoms with Crippen LogP contribution in [0.4, 0.5) is 5.69 Å². The molecule has 7 heteroatoms. The molecule has 0 aliphatic rings. The molecule has 0 unspecified atom stereocenters. The van der Waals surface area contributed by atoms with Crippen LogP contribution in [0, 0.1) is 0 Å². The summed E-state index contributed by atoms with van der Waals surface area (Å²) in [7, 11) is -1.72. The number of nitrogens with one attached hydrogen (secondary N) is 1. The van der Waals surface area contributed by atoms with Crippen LogP contribution >= 0.6 is 0 Å². The van der Waals surface area contributed by atoms with Crippen LogP contribution in [0.25, 0.3) is 0 Å². The van der Waals surface area contributed by atoms with E-state index in [0.717, 1.165) is 17.7 Å². The number of carbonyl (C=O) groups is 1. The third-order valence-corrected chi connectivity index (χ3v) is 6.51. The Bertz CT molecular complexity index is 878. The van der Waals surface area contributed by atoms with Gasteiger partial charge in [-0.05, 0) is 62.2 Å². The average molecular weight is 405 g/mol. The number of hydrogen-bond donors (Lipinski definition) is 1. The van der Waals surface area contributed by atoms with E-state index in [1.165, 1.54) is 4.31 Å². The second-order valence-corrected chi connectivity index (χ2v) is 8.50. The second kappa shape index (κ2) is 9.59. The van der Waals surface area contributed by atoms with Crippen molar-refractivity contribution >= 4 is 21.6 Å². The summed E-state index contributed by atoms with van der Waals surface area (Å²) < 4.78 is 30.9. The van der Waals surface area contributed by atoms with Crippen LogP contribution in [0.3, 0.4) is 0 Å². The van der Waals surface area contributed by atoms with Gasteiger partial charge in [0.1, 0.15) is 5.75 Å². The number of benzene rings is 2. The van der Waals surface area contributed by atoms with Crippen molar-refractivity contribution in [2.45, 2.75) is 33.2 Å². The number of ether oxygens (including phenoxy) is 1. The molecule has 0 aromatic heterocycles. The zero-order valence-electron chi connectivity index (χ0n) is 16.8. The number of rotatable bonds is 9. The van der Waals surface area contributed by atoms with Gasteiger partial charge in [-0.3, -0.25) is 9.10 Å². The highest BCUT2D eigenvalue weighted by atomic mass is 32.2. The van der Waals surface area contributed by atoms with Crippen molar-refractivity contribution in [3.8, 4) is 5.75 Å². The monoisotopic (exact) mass is 404 g/mol. The van der Waals surface area contributed by atoms with E-state index in [0.29, 0.717) is 17.8 Å². The van der Waals surface area contributed by atoms with Crippen molar-refractivity contribution in [1.29, 1.82) is 0 Å². The van der Waals surface area contributed by atoms with E-state index in [1.807, 2.05) is 31.2 Å². The quantitative estimate of drug-likeness (QED) is 0.691. The molecule has 1 N–H and O–H groups in total. The van der Waals surface area contributed by atoms with E-state index in [4.69, 9.17) is 4.74 Å². The molecule has 0 spiro atoms. The summed E-state index contributed by atoms with van der Waals surface area (Å²) in [4.78, 5) is 12.6. The maximum atomic E-state index is 12.6. The molecule has 1 atom stereocenters. The lowest BCUT2D eigenvalue weighted by molar-refractivity contribution is 0.0935. The van der Waals surface area contributed by atoms with Crippen LogP contribution in [0.2, 0.25) is 0 Å². The largest absolute Gasteiger partial charge is 0.497 e. The van der Waals surface area contributed by atoms with Crippen molar-refractivity contribution in [3.63, 3.8) is 0 Å². The molecule has 0 aliphatic heterocycles. The van der Waals surface area contributed by atoms with E-state index in [9.17, 15) is 13.2 Å². The van der Waals surface area contributed by atoms with Gasteiger partial charge in [-0.2, -0.15) is 0 Å². The molecule has 2 aromatic rings. The first-order valence-corrected chi connectivity index (χ1v) is 11.0. The lowest BCUT2D eigenvalue weighted by atomic mass is 10.0. The Labute approximate surface area is 167 Å². The fraction of sp³-hybridized carbons (Fsp3) is 0.381. The predicted octanol–water partition coefficient (Wildman–Crippen LogP) is 3.75. The van der Waals surface area contributed by atoms with Gasteiger partial charge < -0.3 is 10.1 Å². The summed E-state index contributed by atoms with van der Waals surface area (Å²) in [6.07, 6.45) is 0.745. The van der Waals surface area contributed by atoms with Crippen LogP contribution in [0.5, 0.6) is 5.75 Å². The standard InChI is InChI=1S/C21H28N2O4S/c1-5-20(16-10-14-19(27-4)15-11-16)22-21(24)17-8-12-18(13-9-17)23(6-2)28(25,26)7-3/h8-15,20H,5-7H2,1-4H3,(H,22,24)/t20-/m0/s1. The van der Waals surface area contributed by atoms with Gasteiger partial charge in [-0.1, -0.05) is 19.1 Å². The maximum Gasteiger partial charge on any atom is 0.251 e. The van der Waals surface area contributed by atoms with Gasteiger partial charge in [0.05, 0.1) is 24.6 Å². The fourth-order valence-corrected chi connectivity index (χ4v) is 4.12. The lowest BCUT2D eigenvalue weighted by Gasteiger charge is -2.22. The van der Waals surface area contributed by atoms with Crippen LogP contribution in [-0.4, -0.2) is 33.7 Å². The third-order valence-electron chi connectivity index (χ3n) is 4.64. The van der Waals surface area contributed by atoms with Gasteiger partial charge >= 0.3 is 0 Å². The van der Waals surface area contributed by atoms with Crippen LogP contribution in [-0.2, 0) is 10.0 Å². The smallest absolute Gasteiger partial charge is 0.251 e. The van der Waals surface area contributed by atoms with Crippen molar-refractivity contribution in [2.24, 2.45) is 0 Å². The number of sulfonamides is 1. The first-order chi connectivity index (χ1) is 13.4. The molecule has 0 radical (unpaired) electrons. The lowest BCUT2D eigenvalue weighted by Crippen LogP contribution is -2.32. The predicted molar refractivity (Wildman–Crippen MR) is 112 cm³/mol. The van der Waals surface area contributed by atoms with Crippen LogP contribution in [0.15, 0.2) is 48.5 Å². The molecule has 0 aliphatic carbocycles. The van der Waals surface area contributed by atoms with Crippen LogP contribution in [0.1, 0.15) is 49.2 Å². The Morgan fingerprint density at radius 1 is 1.04 bits per heavy atom. The van der Waals surface area contributed by atoms with E-state index in [-0.39, 0.29) is 17.7 Å². The maximum absolute atomic E-state index is 12.6. The topological polar surface area (TPSA) is 75.7 Å². The van der Waals surface area contributed by atoms with Gasteiger partial charge in [0.25, 0.3) is 5.91 Å². The van der Waals surface area contributed by atoms with Crippen molar-refractivity contribution in [2.75, 3.05) is 23.7 Å². The first-order valence-electron chi connectivity index (χ1n) is 9.41. The Kier molecular flexibility index (Phi) is 7.45. The third kappa shape index (κ3) is 5.04. The van der Waals surface area contributed by atoms with E-state index in [2.05, 4.69) is 5.32 Å². The molecule has 0 heterocycles. The molecule has 28 heavy (non-hydrogen) atoms. The number of methoxy groups -OCH3 is 1. The Morgan fingerprint density at radius 2 is 1.64 bits per heavy atom. The summed E-state index contributed by atoms with van der Waals surface area (Å²) >= 11 is 0. The molecule has 152 valence electrons. The number of hydrogen-bond acceptors (Lipinski definition) is 4. The van der Waals surface area contributed by atoms with Crippen molar-refractivity contribution < 1.29 is 17.9 Å². The Hall–Kier alpha value is -2.54. The highest BCUT2D eigenvalue weighted by Crippen LogP contribution is 2.22. The average Bonchev–Trinajstić information content (AvgIpc) is 2.72. The molecular weight excluding hydrogens is 376 g/mol. The minimum absolute atomic E-state index is 0.0309. The summed E-state index contributed by atoms with van der Waals surface area (Å²) in [5, 5.41) is 3.03. The van der Waals surface area contributed by atoms with E-state index in [1.54, 1.807) is 45.2 Å². The first kappa shape index (κ1) is 21.8. The van der Waals surface area contributed by atoms with Gasteiger partial charge in [0.15, 0.2) is 0 Å². The molecule has 1 amide bonds. The van der Waals surface area contributed by atoms with Crippen LogP contribution < -0.4 is 14.4 Å². The molecule has 2 aromatic carbocycles. The number of anilines is 1. The highest BCUT2D eigenvalue weighted by Gasteiger charge is 2.19. The molecule has 0 fully saturated rings. The Morgan fingerprint density at radius 3 is 2.11 bits per heavy atom. The molecule has 6 nitrogen and oxygen atoms in total. The summed E-state index contributed by atoms with van der Waals surface area (Å²) in [5.74, 6) is 0.599. The minimum Gasteiger partial charge on any atom is -0.497 e. The highest BCUT2D eigenvalue weighted by molar-refractivity contribution is 7.92. The number of amides is 1. The minimum atomic E-state index is -3.34. The van der Waals surface area contributed by atoms with Gasteiger partial charge in [0.2, 0.25) is 10.0 Å². The van der Waals surface area contributed by atoms with Crippen molar-refractivity contribution in [3.05, 3.63) is 59.7 Å². The number of nitrogens with zero attached hydrogens (tertiary/aromatic N) is 1. The summed E-state index contributed by atoms with van der Waals surface area (Å²) in [6.45, 7) is 5.75. The molecule has 0 saturated carbocycles. The summed E-state index contributed by atoms with van der Waals surface area (Å²) in [6, 6.07) is 14.1. The van der Waals surface area contributed by atoms with Gasteiger partial charge in [-0.25, -0.2) is 8.42 Å². The zero-order chi connectivity index (χ0) is 20.7. The molecule has 0 bridgehead atoms. The molecule has 2 rings (SSSR count). The Balaban J connectivity index is 2.15. The van der Waals surface area contributed by atoms with E-state index < -0.39 is 10.0 Å². The molecule has 0 saturated heterocycles. The fourth-order valence-electron chi connectivity index (χ4n) is 2.97. The normalized spacial score (nSPS) is 12.3. The number of carbonyl (C=O) groups excluding carboxylic acids is 1.